The van der Waals surface area contributed by atoms with Crippen LogP contribution in [0.2, 0.25) is 0 Å². The molecular weight excluding hydrogens is 490 g/mol. The molecule has 2 saturated heterocycles. The van der Waals surface area contributed by atoms with E-state index in [4.69, 9.17) is 0 Å². The summed E-state index contributed by atoms with van der Waals surface area (Å²) in [5.41, 5.74) is 1.83. The molecule has 2 aliphatic rings. The lowest BCUT2D eigenvalue weighted by Crippen LogP contribution is -2.61. The van der Waals surface area contributed by atoms with Gasteiger partial charge in [0.2, 0.25) is 5.95 Å². The predicted octanol–water partition coefficient (Wildman–Crippen LogP) is 3.92. The minimum Gasteiger partial charge on any atom is -0.350 e. The molecule has 0 radical (unpaired) electrons. The van der Waals surface area contributed by atoms with Gasteiger partial charge in [-0.25, -0.2) is 14.8 Å². The van der Waals surface area contributed by atoms with E-state index in [1.54, 1.807) is 12.4 Å². The first-order valence-corrected chi connectivity index (χ1v) is 14.5. The summed E-state index contributed by atoms with van der Waals surface area (Å²) in [5.74, 6) is 1.10. The number of rotatable bonds is 9. The molecule has 0 bridgehead atoms. The lowest BCUT2D eigenvalue weighted by molar-refractivity contribution is 0.0938. The highest BCUT2D eigenvalue weighted by Crippen LogP contribution is 2.23. The maximum Gasteiger partial charge on any atom is 0.318 e. The zero-order chi connectivity index (χ0) is 27.8. The van der Waals surface area contributed by atoms with E-state index < -0.39 is 0 Å². The molecule has 1 aromatic heterocycles. The molecule has 0 spiro atoms. The number of benzene rings is 1. The minimum absolute atomic E-state index is 0.00847. The third-order valence-electron chi connectivity index (χ3n) is 8.11. The van der Waals surface area contributed by atoms with Crippen LogP contribution in [0.3, 0.4) is 0 Å². The van der Waals surface area contributed by atoms with Gasteiger partial charge >= 0.3 is 6.03 Å². The summed E-state index contributed by atoms with van der Waals surface area (Å²) in [4.78, 5) is 40.9. The quantitative estimate of drug-likeness (QED) is 0.506. The summed E-state index contributed by atoms with van der Waals surface area (Å²) in [7, 11) is 0. The van der Waals surface area contributed by atoms with E-state index in [9.17, 15) is 9.59 Å². The molecule has 1 aromatic carbocycles. The standard InChI is InChI=1S/C30H45N7O2/c1-5-22(2)34-28(38)27-17-32-29(33-18-27)36-19-23(3)37(24(4)20-36)30(39)31-14-11-25-12-15-35(16-13-25)21-26-9-7-6-8-10-26/h6-10,17-18,22-25H,5,11-16,19-21H2,1-4H3,(H,31,39)(H,34,38)/t22?,23-,24+. The first-order chi connectivity index (χ1) is 18.8. The van der Waals surface area contributed by atoms with E-state index in [0.717, 1.165) is 32.5 Å². The smallest absolute Gasteiger partial charge is 0.318 e. The average molecular weight is 536 g/mol. The van der Waals surface area contributed by atoms with Gasteiger partial charge in [-0.15, -0.1) is 0 Å². The molecule has 4 rings (SSSR count). The molecule has 2 N–H and O–H groups in total. The topological polar surface area (TPSA) is 93.7 Å². The molecule has 3 heterocycles. The number of carbonyl (C=O) groups excluding carboxylic acids is 2. The monoisotopic (exact) mass is 535 g/mol. The molecular formula is C30H45N7O2. The van der Waals surface area contributed by atoms with E-state index in [0.29, 0.717) is 37.1 Å². The van der Waals surface area contributed by atoms with Gasteiger partial charge in [0.05, 0.1) is 5.56 Å². The van der Waals surface area contributed by atoms with Gasteiger partial charge in [-0.2, -0.15) is 0 Å². The number of anilines is 1. The van der Waals surface area contributed by atoms with Crippen LogP contribution in [-0.2, 0) is 6.54 Å². The largest absolute Gasteiger partial charge is 0.350 e. The highest BCUT2D eigenvalue weighted by Gasteiger charge is 2.34. The molecule has 9 nitrogen and oxygen atoms in total. The fraction of sp³-hybridized carbons (Fsp3) is 0.600. The van der Waals surface area contributed by atoms with Crippen molar-refractivity contribution in [3.8, 4) is 0 Å². The van der Waals surface area contributed by atoms with Gasteiger partial charge in [0.25, 0.3) is 5.91 Å². The lowest BCUT2D eigenvalue weighted by atomic mass is 9.93. The number of nitrogens with one attached hydrogen (secondary N) is 2. The Kier molecular flexibility index (Phi) is 10.1. The van der Waals surface area contributed by atoms with Gasteiger partial charge in [-0.3, -0.25) is 9.69 Å². The van der Waals surface area contributed by atoms with Crippen molar-refractivity contribution in [2.45, 2.75) is 78.0 Å². The molecule has 0 aliphatic carbocycles. The van der Waals surface area contributed by atoms with E-state index in [-0.39, 0.29) is 30.1 Å². The van der Waals surface area contributed by atoms with E-state index in [1.807, 2.05) is 18.7 Å². The molecule has 0 saturated carbocycles. The predicted molar refractivity (Wildman–Crippen MR) is 155 cm³/mol. The van der Waals surface area contributed by atoms with Crippen LogP contribution < -0.4 is 15.5 Å². The van der Waals surface area contributed by atoms with Crippen molar-refractivity contribution < 1.29 is 9.59 Å². The van der Waals surface area contributed by atoms with Crippen LogP contribution in [0.25, 0.3) is 0 Å². The average Bonchev–Trinajstić information content (AvgIpc) is 2.94. The summed E-state index contributed by atoms with van der Waals surface area (Å²) in [6.07, 6.45) is 7.44. The molecule has 39 heavy (non-hydrogen) atoms. The summed E-state index contributed by atoms with van der Waals surface area (Å²) < 4.78 is 0. The van der Waals surface area contributed by atoms with Gasteiger partial charge in [0.15, 0.2) is 0 Å². The summed E-state index contributed by atoms with van der Waals surface area (Å²) in [5, 5.41) is 6.13. The number of hydrogen-bond acceptors (Lipinski definition) is 6. The van der Waals surface area contributed by atoms with E-state index >= 15 is 0 Å². The molecule has 212 valence electrons. The number of carbonyl (C=O) groups is 2. The third-order valence-corrected chi connectivity index (χ3v) is 8.11. The molecule has 2 aliphatic heterocycles. The highest BCUT2D eigenvalue weighted by molar-refractivity contribution is 5.93. The Morgan fingerprint density at radius 3 is 2.28 bits per heavy atom. The van der Waals surface area contributed by atoms with Crippen molar-refractivity contribution in [1.29, 1.82) is 0 Å². The van der Waals surface area contributed by atoms with Crippen molar-refractivity contribution >= 4 is 17.9 Å². The van der Waals surface area contributed by atoms with Crippen LogP contribution in [0.4, 0.5) is 10.7 Å². The third kappa shape index (κ3) is 7.91. The highest BCUT2D eigenvalue weighted by atomic mass is 16.2. The molecule has 3 atom stereocenters. The number of hydrogen-bond donors (Lipinski definition) is 2. The number of amides is 3. The first-order valence-electron chi connectivity index (χ1n) is 14.5. The number of urea groups is 1. The number of aromatic nitrogens is 2. The minimum atomic E-state index is -0.156. The summed E-state index contributed by atoms with van der Waals surface area (Å²) >= 11 is 0. The Balaban J connectivity index is 1.19. The summed E-state index contributed by atoms with van der Waals surface area (Å²) in [6, 6.07) is 10.8. The zero-order valence-electron chi connectivity index (χ0n) is 24.0. The van der Waals surface area contributed by atoms with Crippen molar-refractivity contribution in [3.63, 3.8) is 0 Å². The molecule has 1 unspecified atom stereocenters. The zero-order valence-corrected chi connectivity index (χ0v) is 24.0. The normalized spacial score (nSPS) is 21.4. The van der Waals surface area contributed by atoms with Gasteiger partial charge < -0.3 is 20.4 Å². The SMILES string of the molecule is CCC(C)NC(=O)c1cnc(N2C[C@@H](C)N(C(=O)NCCC3CCN(Cc4ccccc4)CC3)[C@@H](C)C2)nc1. The first kappa shape index (κ1) is 28.8. The maximum atomic E-state index is 13.1. The number of piperidine rings is 1. The fourth-order valence-electron chi connectivity index (χ4n) is 5.65. The van der Waals surface area contributed by atoms with Crippen LogP contribution in [0.1, 0.15) is 69.3 Å². The Morgan fingerprint density at radius 2 is 1.67 bits per heavy atom. The second-order valence-corrected chi connectivity index (χ2v) is 11.3. The molecule has 3 amide bonds. The Labute approximate surface area is 233 Å². The van der Waals surface area contributed by atoms with Gasteiger partial charge in [-0.05, 0) is 71.0 Å². The Morgan fingerprint density at radius 1 is 1.03 bits per heavy atom. The van der Waals surface area contributed by atoms with Gasteiger partial charge in [0, 0.05) is 56.7 Å². The molecule has 9 heteroatoms. The second kappa shape index (κ2) is 13.7. The van der Waals surface area contributed by atoms with Crippen molar-refractivity contribution in [2.75, 3.05) is 37.6 Å². The van der Waals surface area contributed by atoms with Gasteiger partial charge in [0.1, 0.15) is 0 Å². The lowest BCUT2D eigenvalue weighted by Gasteiger charge is -2.44. The van der Waals surface area contributed by atoms with Gasteiger partial charge in [-0.1, -0.05) is 37.3 Å². The van der Waals surface area contributed by atoms with E-state index in [2.05, 4.69) is 74.6 Å². The van der Waals surface area contributed by atoms with Crippen molar-refractivity contribution in [1.82, 2.24) is 30.4 Å². The molecule has 2 fully saturated rings. The Hall–Kier alpha value is -3.20. The van der Waals surface area contributed by atoms with Crippen LogP contribution >= 0.6 is 0 Å². The Bertz CT molecular complexity index is 1040. The number of piperazine rings is 1. The van der Waals surface area contributed by atoms with Crippen molar-refractivity contribution in [2.24, 2.45) is 5.92 Å². The van der Waals surface area contributed by atoms with Crippen LogP contribution in [0.15, 0.2) is 42.7 Å². The fourth-order valence-corrected chi connectivity index (χ4v) is 5.65. The summed E-state index contributed by atoms with van der Waals surface area (Å²) in [6.45, 7) is 13.4. The van der Waals surface area contributed by atoms with Crippen LogP contribution in [-0.4, -0.2) is 82.6 Å². The number of likely N-dealkylation sites (tertiary alicyclic amines) is 1. The van der Waals surface area contributed by atoms with Crippen molar-refractivity contribution in [3.05, 3.63) is 53.9 Å². The molecule has 2 aromatic rings. The number of nitrogens with zero attached hydrogens (tertiary/aromatic N) is 5. The van der Waals surface area contributed by atoms with E-state index in [1.165, 1.54) is 18.4 Å². The second-order valence-electron chi connectivity index (χ2n) is 11.3. The maximum absolute atomic E-state index is 13.1. The van der Waals surface area contributed by atoms with Crippen LogP contribution in [0.5, 0.6) is 0 Å². The van der Waals surface area contributed by atoms with Crippen LogP contribution in [0, 0.1) is 5.92 Å².